The Morgan fingerprint density at radius 3 is 2.75 bits per heavy atom. The van der Waals surface area contributed by atoms with Crippen LogP contribution in [0, 0.1) is 18.3 Å². The quantitative estimate of drug-likeness (QED) is 0.543. The maximum absolute atomic E-state index is 12.8. The molecule has 0 radical (unpaired) electrons. The molecule has 5 nitrogen and oxygen atoms in total. The first-order valence-electron chi connectivity index (χ1n) is 9.17. The summed E-state index contributed by atoms with van der Waals surface area (Å²) in [4.78, 5) is 21.9. The van der Waals surface area contributed by atoms with Crippen LogP contribution < -0.4 is 5.32 Å². The van der Waals surface area contributed by atoms with E-state index in [1.807, 2.05) is 32.0 Å². The van der Waals surface area contributed by atoms with Crippen LogP contribution in [0.25, 0.3) is 10.2 Å². The summed E-state index contributed by atoms with van der Waals surface area (Å²) in [5, 5.41) is 13.2. The first-order valence-corrected chi connectivity index (χ1v) is 10.9. The number of nitrogens with zero attached hydrogens (tertiary/aromatic N) is 3. The number of nitriles is 1. The van der Waals surface area contributed by atoms with Gasteiger partial charge < -0.3 is 5.32 Å². The van der Waals surface area contributed by atoms with Gasteiger partial charge in [0.2, 0.25) is 5.91 Å². The average Bonchev–Trinajstić information content (AvgIpc) is 3.06. The van der Waals surface area contributed by atoms with Gasteiger partial charge in [0, 0.05) is 5.69 Å². The van der Waals surface area contributed by atoms with E-state index in [1.165, 1.54) is 23.1 Å². The van der Waals surface area contributed by atoms with E-state index in [0.29, 0.717) is 22.1 Å². The smallest absolute Gasteiger partial charge is 0.239 e. The van der Waals surface area contributed by atoms with Crippen LogP contribution in [0.4, 0.5) is 5.13 Å². The van der Waals surface area contributed by atoms with Crippen molar-refractivity contribution in [3.05, 3.63) is 47.2 Å². The third kappa shape index (κ3) is 4.51. The van der Waals surface area contributed by atoms with Gasteiger partial charge in [0.25, 0.3) is 0 Å². The normalized spacial score (nSPS) is 12.1. The molecule has 7 heteroatoms. The molecule has 0 bridgehead atoms. The maximum Gasteiger partial charge on any atom is 0.239 e. The van der Waals surface area contributed by atoms with Gasteiger partial charge in [0.1, 0.15) is 11.1 Å². The molecule has 144 valence electrons. The second kappa shape index (κ2) is 8.72. The Morgan fingerprint density at radius 1 is 1.29 bits per heavy atom. The number of aromatic nitrogens is 2. The van der Waals surface area contributed by atoms with Crippen molar-refractivity contribution >= 4 is 44.4 Å². The summed E-state index contributed by atoms with van der Waals surface area (Å²) in [7, 11) is 0. The van der Waals surface area contributed by atoms with Gasteiger partial charge in [-0.15, -0.1) is 0 Å². The summed E-state index contributed by atoms with van der Waals surface area (Å²) >= 11 is 2.81. The number of benzene rings is 1. The summed E-state index contributed by atoms with van der Waals surface area (Å²) in [6.45, 7) is 8.10. The van der Waals surface area contributed by atoms with Crippen LogP contribution in [0.15, 0.2) is 35.4 Å². The van der Waals surface area contributed by atoms with E-state index in [0.717, 1.165) is 21.5 Å². The highest BCUT2D eigenvalue weighted by atomic mass is 32.2. The lowest BCUT2D eigenvalue weighted by molar-refractivity contribution is -0.115. The van der Waals surface area contributed by atoms with E-state index in [2.05, 4.69) is 41.3 Å². The highest BCUT2D eigenvalue weighted by Crippen LogP contribution is 2.31. The fraction of sp³-hybridized carbons (Fsp3) is 0.333. The number of anilines is 1. The number of hydrogen-bond acceptors (Lipinski definition) is 6. The number of rotatable bonds is 6. The lowest BCUT2D eigenvalue weighted by Gasteiger charge is -2.15. The molecule has 0 aliphatic heterocycles. The molecule has 2 heterocycles. The molecule has 1 unspecified atom stereocenters. The fourth-order valence-electron chi connectivity index (χ4n) is 2.68. The summed E-state index contributed by atoms with van der Waals surface area (Å²) in [6, 6.07) is 11.9. The Morgan fingerprint density at radius 2 is 2.07 bits per heavy atom. The molecule has 0 saturated carbocycles. The number of carbonyl (C=O) groups excluding carboxylic acids is 1. The third-order valence-electron chi connectivity index (χ3n) is 4.28. The predicted molar refractivity (Wildman–Crippen MR) is 116 cm³/mol. The standard InChI is InChI=1S/C21H22N4OS2/c1-5-17(27-20-14(11-22)7-9-15(23-20)12(2)3)19(26)25-21-24-16-8-6-13(4)10-18(16)28-21/h6-10,12,17H,5H2,1-4H3,(H,24,25,26). The van der Waals surface area contributed by atoms with Crippen molar-refractivity contribution in [3.8, 4) is 6.07 Å². The minimum absolute atomic E-state index is 0.121. The van der Waals surface area contributed by atoms with Crippen molar-refractivity contribution < 1.29 is 4.79 Å². The second-order valence-corrected chi connectivity index (χ2v) is 9.07. The summed E-state index contributed by atoms with van der Waals surface area (Å²) in [5.74, 6) is 0.135. The lowest BCUT2D eigenvalue weighted by Crippen LogP contribution is -2.24. The first-order chi connectivity index (χ1) is 13.4. The van der Waals surface area contributed by atoms with Crippen LogP contribution in [-0.2, 0) is 4.79 Å². The molecule has 3 rings (SSSR count). The highest BCUT2D eigenvalue weighted by Gasteiger charge is 2.22. The summed E-state index contributed by atoms with van der Waals surface area (Å²) in [5.41, 5.74) is 3.45. The predicted octanol–water partition coefficient (Wildman–Crippen LogP) is 5.50. The molecule has 1 aromatic carbocycles. The molecule has 3 aromatic rings. The van der Waals surface area contributed by atoms with E-state index in [4.69, 9.17) is 0 Å². The zero-order valence-corrected chi connectivity index (χ0v) is 17.9. The maximum atomic E-state index is 12.8. The molecule has 2 aromatic heterocycles. The molecule has 0 spiro atoms. The molecule has 1 N–H and O–H groups in total. The van der Waals surface area contributed by atoms with Gasteiger partial charge in [-0.3, -0.25) is 4.79 Å². The Labute approximate surface area is 173 Å². The van der Waals surface area contributed by atoms with E-state index >= 15 is 0 Å². The Kier molecular flexibility index (Phi) is 6.32. The third-order valence-corrected chi connectivity index (χ3v) is 6.58. The molecule has 0 aliphatic carbocycles. The molecular weight excluding hydrogens is 388 g/mol. The number of nitrogens with one attached hydrogen (secondary N) is 1. The number of aryl methyl sites for hydroxylation is 1. The Balaban J connectivity index is 1.80. The van der Waals surface area contributed by atoms with Gasteiger partial charge in [-0.2, -0.15) is 5.26 Å². The Hall–Kier alpha value is -2.43. The highest BCUT2D eigenvalue weighted by molar-refractivity contribution is 8.00. The van der Waals surface area contributed by atoms with Crippen LogP contribution >= 0.6 is 23.1 Å². The molecule has 0 fully saturated rings. The van der Waals surface area contributed by atoms with Crippen molar-refractivity contribution in [3.63, 3.8) is 0 Å². The number of hydrogen-bond donors (Lipinski definition) is 1. The van der Waals surface area contributed by atoms with Crippen molar-refractivity contribution in [2.45, 2.75) is 50.3 Å². The number of fused-ring (bicyclic) bond motifs is 1. The van der Waals surface area contributed by atoms with Crippen molar-refractivity contribution in [1.82, 2.24) is 9.97 Å². The molecule has 1 amide bonds. The van der Waals surface area contributed by atoms with E-state index in [9.17, 15) is 10.1 Å². The molecule has 0 aliphatic rings. The average molecular weight is 411 g/mol. The van der Waals surface area contributed by atoms with Gasteiger partial charge in [0.15, 0.2) is 5.13 Å². The van der Waals surface area contributed by atoms with Gasteiger partial charge in [-0.1, -0.05) is 49.9 Å². The second-order valence-electron chi connectivity index (χ2n) is 6.85. The van der Waals surface area contributed by atoms with Crippen molar-refractivity contribution in [2.75, 3.05) is 5.32 Å². The van der Waals surface area contributed by atoms with Crippen LogP contribution in [-0.4, -0.2) is 21.1 Å². The molecule has 0 saturated heterocycles. The minimum Gasteiger partial charge on any atom is -0.301 e. The number of amides is 1. The zero-order chi connectivity index (χ0) is 20.3. The van der Waals surface area contributed by atoms with Crippen molar-refractivity contribution in [2.24, 2.45) is 0 Å². The minimum atomic E-state index is -0.351. The molecular formula is C21H22N4OS2. The SMILES string of the molecule is CCC(Sc1nc(C(C)C)ccc1C#N)C(=O)Nc1nc2ccc(C)cc2s1. The van der Waals surface area contributed by atoms with Crippen LogP contribution in [0.2, 0.25) is 0 Å². The number of thiazole rings is 1. The number of thioether (sulfide) groups is 1. The summed E-state index contributed by atoms with van der Waals surface area (Å²) in [6.07, 6.45) is 0.624. The first kappa shape index (κ1) is 20.3. The lowest BCUT2D eigenvalue weighted by atomic mass is 10.1. The van der Waals surface area contributed by atoms with E-state index in [1.54, 1.807) is 6.07 Å². The van der Waals surface area contributed by atoms with Gasteiger partial charge in [0.05, 0.1) is 21.0 Å². The monoisotopic (exact) mass is 410 g/mol. The number of pyridine rings is 1. The topological polar surface area (TPSA) is 78.7 Å². The van der Waals surface area contributed by atoms with Crippen molar-refractivity contribution in [1.29, 1.82) is 5.26 Å². The van der Waals surface area contributed by atoms with E-state index in [-0.39, 0.29) is 17.1 Å². The zero-order valence-electron chi connectivity index (χ0n) is 16.3. The Bertz CT molecular complexity index is 1050. The van der Waals surface area contributed by atoms with Crippen LogP contribution in [0.1, 0.15) is 49.9 Å². The van der Waals surface area contributed by atoms with Crippen LogP contribution in [0.3, 0.4) is 0 Å². The number of carbonyl (C=O) groups is 1. The molecule has 1 atom stereocenters. The summed E-state index contributed by atoms with van der Waals surface area (Å²) < 4.78 is 1.05. The fourth-order valence-corrected chi connectivity index (χ4v) is 4.65. The van der Waals surface area contributed by atoms with Gasteiger partial charge in [-0.05, 0) is 49.1 Å². The molecule has 28 heavy (non-hydrogen) atoms. The largest absolute Gasteiger partial charge is 0.301 e. The van der Waals surface area contributed by atoms with Crippen LogP contribution in [0.5, 0.6) is 0 Å². The van der Waals surface area contributed by atoms with Gasteiger partial charge in [-0.25, -0.2) is 9.97 Å². The van der Waals surface area contributed by atoms with Gasteiger partial charge >= 0.3 is 0 Å². The van der Waals surface area contributed by atoms with E-state index < -0.39 is 0 Å².